The van der Waals surface area contributed by atoms with Crippen LogP contribution in [0, 0.1) is 0 Å². The van der Waals surface area contributed by atoms with Gasteiger partial charge in [0.25, 0.3) is 0 Å². The maximum absolute atomic E-state index is 11.5. The molecule has 2 aromatic rings. The summed E-state index contributed by atoms with van der Waals surface area (Å²) < 4.78 is 38.7. The molecule has 1 nitrogen and oxygen atoms in total. The third kappa shape index (κ3) is 4.35. The number of rotatable bonds is 0. The number of benzene rings is 1. The minimum Gasteiger partial charge on any atom is -0.460 e. The molecule has 0 aliphatic heterocycles. The van der Waals surface area contributed by atoms with Gasteiger partial charge in [0.05, 0.1) is 6.26 Å². The number of alkyl halides is 3. The van der Waals surface area contributed by atoms with Gasteiger partial charge >= 0.3 is 6.18 Å². The zero-order valence-electron chi connectivity index (χ0n) is 7.74. The first kappa shape index (κ1) is 11.4. The number of hydrogen-bond donors (Lipinski definition) is 0. The van der Waals surface area contributed by atoms with E-state index in [9.17, 15) is 13.2 Å². The first-order chi connectivity index (χ1) is 7.11. The zero-order valence-corrected chi connectivity index (χ0v) is 7.74. The van der Waals surface area contributed by atoms with E-state index in [0.717, 1.165) is 12.3 Å². The molecule has 0 bridgehead atoms. The van der Waals surface area contributed by atoms with Crippen LogP contribution in [0.15, 0.2) is 59.2 Å². The average molecular weight is 214 g/mol. The number of furan rings is 1. The van der Waals surface area contributed by atoms with E-state index in [2.05, 4.69) is 4.42 Å². The van der Waals surface area contributed by atoms with Gasteiger partial charge in [0.1, 0.15) is 0 Å². The lowest BCUT2D eigenvalue weighted by Gasteiger charge is -1.98. The van der Waals surface area contributed by atoms with E-state index in [1.54, 1.807) is 0 Å². The first-order valence-electron chi connectivity index (χ1n) is 4.21. The van der Waals surface area contributed by atoms with Crippen LogP contribution in [-0.4, -0.2) is 0 Å². The average Bonchev–Trinajstić information content (AvgIpc) is 2.73. The Hall–Kier alpha value is -1.71. The fraction of sp³-hybridized carbons (Fsp3) is 0.0909. The minimum atomic E-state index is -4.34. The smallest absolute Gasteiger partial charge is 0.449 e. The van der Waals surface area contributed by atoms with E-state index in [0.29, 0.717) is 0 Å². The zero-order chi connectivity index (χ0) is 11.1. The Kier molecular flexibility index (Phi) is 3.97. The summed E-state index contributed by atoms with van der Waals surface area (Å²) in [7, 11) is 0. The van der Waals surface area contributed by atoms with E-state index < -0.39 is 11.9 Å². The summed E-state index contributed by atoms with van der Waals surface area (Å²) >= 11 is 0. The van der Waals surface area contributed by atoms with Crippen molar-refractivity contribution in [2.75, 3.05) is 0 Å². The standard InChI is InChI=1S/C6H6.C5H3F3O/c1-2-4-6-5-3-1;6-5(7,8)4-2-1-3-9-4/h1-6H;1-3H. The van der Waals surface area contributed by atoms with Gasteiger partial charge in [-0.25, -0.2) is 0 Å². The second-order valence-corrected chi connectivity index (χ2v) is 2.63. The minimum absolute atomic E-state index is 0.875. The van der Waals surface area contributed by atoms with Gasteiger partial charge in [0.2, 0.25) is 5.76 Å². The highest BCUT2D eigenvalue weighted by molar-refractivity contribution is 5.01. The highest BCUT2D eigenvalue weighted by Gasteiger charge is 2.33. The summed E-state index contributed by atoms with van der Waals surface area (Å²) in [4.78, 5) is 0. The summed E-state index contributed by atoms with van der Waals surface area (Å²) in [5.74, 6) is -0.956. The molecule has 1 heterocycles. The molecular formula is C11H9F3O. The molecule has 2 rings (SSSR count). The summed E-state index contributed by atoms with van der Waals surface area (Å²) in [6, 6.07) is 14.1. The van der Waals surface area contributed by atoms with Crippen LogP contribution in [0.5, 0.6) is 0 Å². The number of halogens is 3. The molecule has 0 fully saturated rings. The molecular weight excluding hydrogens is 205 g/mol. The third-order valence-electron chi connectivity index (χ3n) is 1.47. The van der Waals surface area contributed by atoms with Crippen LogP contribution < -0.4 is 0 Å². The van der Waals surface area contributed by atoms with E-state index in [1.807, 2.05) is 36.4 Å². The molecule has 0 amide bonds. The lowest BCUT2D eigenvalue weighted by Crippen LogP contribution is -2.01. The second-order valence-electron chi connectivity index (χ2n) is 2.63. The van der Waals surface area contributed by atoms with Crippen LogP contribution in [0.25, 0.3) is 0 Å². The summed E-state index contributed by atoms with van der Waals surface area (Å²) in [6.07, 6.45) is -3.35. The predicted molar refractivity (Wildman–Crippen MR) is 50.2 cm³/mol. The SMILES string of the molecule is FC(F)(F)c1ccco1.c1ccccc1. The molecule has 0 N–H and O–H groups in total. The number of hydrogen-bond acceptors (Lipinski definition) is 1. The summed E-state index contributed by atoms with van der Waals surface area (Å²) in [5, 5.41) is 0. The van der Waals surface area contributed by atoms with Crippen molar-refractivity contribution in [2.45, 2.75) is 6.18 Å². The quantitative estimate of drug-likeness (QED) is 0.646. The highest BCUT2D eigenvalue weighted by Crippen LogP contribution is 2.28. The van der Waals surface area contributed by atoms with Crippen molar-refractivity contribution in [3.63, 3.8) is 0 Å². The fourth-order valence-corrected chi connectivity index (χ4v) is 0.825. The van der Waals surface area contributed by atoms with Crippen LogP contribution >= 0.6 is 0 Å². The van der Waals surface area contributed by atoms with Gasteiger partial charge in [-0.3, -0.25) is 0 Å². The topological polar surface area (TPSA) is 13.1 Å². The molecule has 1 aromatic carbocycles. The molecule has 0 aliphatic rings. The normalized spacial score (nSPS) is 10.3. The van der Waals surface area contributed by atoms with Crippen molar-refractivity contribution < 1.29 is 17.6 Å². The second kappa shape index (κ2) is 5.24. The van der Waals surface area contributed by atoms with Gasteiger partial charge in [-0.15, -0.1) is 0 Å². The lowest BCUT2D eigenvalue weighted by molar-refractivity contribution is -0.153. The van der Waals surface area contributed by atoms with Gasteiger partial charge in [0.15, 0.2) is 0 Å². The van der Waals surface area contributed by atoms with Crippen LogP contribution in [0.4, 0.5) is 13.2 Å². The Balaban J connectivity index is 0.000000162. The van der Waals surface area contributed by atoms with Gasteiger partial charge in [-0.2, -0.15) is 13.2 Å². The molecule has 1 aromatic heterocycles. The maximum atomic E-state index is 11.5. The lowest BCUT2D eigenvalue weighted by atomic mass is 10.4. The molecule has 0 saturated heterocycles. The van der Waals surface area contributed by atoms with Crippen LogP contribution in [0.3, 0.4) is 0 Å². The van der Waals surface area contributed by atoms with E-state index >= 15 is 0 Å². The Bertz CT molecular complexity index is 324. The van der Waals surface area contributed by atoms with Gasteiger partial charge in [0, 0.05) is 0 Å². The van der Waals surface area contributed by atoms with Crippen molar-refractivity contribution in [1.82, 2.24) is 0 Å². The summed E-state index contributed by atoms with van der Waals surface area (Å²) in [6.45, 7) is 0. The molecule has 15 heavy (non-hydrogen) atoms. The molecule has 0 atom stereocenters. The maximum Gasteiger partial charge on any atom is 0.449 e. The molecule has 0 radical (unpaired) electrons. The van der Waals surface area contributed by atoms with E-state index in [4.69, 9.17) is 0 Å². The first-order valence-corrected chi connectivity index (χ1v) is 4.21. The van der Waals surface area contributed by atoms with Gasteiger partial charge < -0.3 is 4.42 Å². The Morgan fingerprint density at radius 1 is 0.800 bits per heavy atom. The molecule has 0 spiro atoms. The van der Waals surface area contributed by atoms with Gasteiger partial charge in [-0.1, -0.05) is 36.4 Å². The molecule has 80 valence electrons. The van der Waals surface area contributed by atoms with E-state index in [-0.39, 0.29) is 0 Å². The molecule has 0 saturated carbocycles. The van der Waals surface area contributed by atoms with Crippen molar-refractivity contribution in [3.05, 3.63) is 60.6 Å². The third-order valence-corrected chi connectivity index (χ3v) is 1.47. The monoisotopic (exact) mass is 214 g/mol. The highest BCUT2D eigenvalue weighted by atomic mass is 19.4. The van der Waals surface area contributed by atoms with Crippen LogP contribution in [0.2, 0.25) is 0 Å². The Morgan fingerprint density at radius 3 is 1.47 bits per heavy atom. The molecule has 0 unspecified atom stereocenters. The molecule has 4 heteroatoms. The predicted octanol–water partition coefficient (Wildman–Crippen LogP) is 3.99. The van der Waals surface area contributed by atoms with E-state index in [1.165, 1.54) is 6.07 Å². The van der Waals surface area contributed by atoms with Crippen molar-refractivity contribution in [1.29, 1.82) is 0 Å². The summed E-state index contributed by atoms with van der Waals surface area (Å²) in [5.41, 5.74) is 0. The van der Waals surface area contributed by atoms with Crippen molar-refractivity contribution in [3.8, 4) is 0 Å². The van der Waals surface area contributed by atoms with Gasteiger partial charge in [-0.05, 0) is 12.1 Å². The van der Waals surface area contributed by atoms with Crippen LogP contribution in [0.1, 0.15) is 5.76 Å². The molecule has 0 aliphatic carbocycles. The Morgan fingerprint density at radius 2 is 1.27 bits per heavy atom. The van der Waals surface area contributed by atoms with Crippen molar-refractivity contribution >= 4 is 0 Å². The fourth-order valence-electron chi connectivity index (χ4n) is 0.825. The Labute approximate surface area is 85.2 Å². The van der Waals surface area contributed by atoms with Crippen molar-refractivity contribution in [2.24, 2.45) is 0 Å². The largest absolute Gasteiger partial charge is 0.460 e. The van der Waals surface area contributed by atoms with Crippen LogP contribution in [-0.2, 0) is 6.18 Å².